The van der Waals surface area contributed by atoms with Crippen molar-refractivity contribution < 1.29 is 13.6 Å². The Labute approximate surface area is 131 Å². The van der Waals surface area contributed by atoms with Crippen LogP contribution in [0.5, 0.6) is 0 Å². The fourth-order valence-electron chi connectivity index (χ4n) is 2.31. The first-order chi connectivity index (χ1) is 10.7. The van der Waals surface area contributed by atoms with E-state index in [4.69, 9.17) is 4.42 Å². The molecule has 0 aliphatic heterocycles. The number of hydrogen-bond acceptors (Lipinski definition) is 3. The predicted molar refractivity (Wildman–Crippen MR) is 87.8 cm³/mol. The first-order valence-corrected chi connectivity index (χ1v) is 8.15. The van der Waals surface area contributed by atoms with E-state index in [1.165, 1.54) is 12.1 Å². The Balaban J connectivity index is 2.00. The van der Waals surface area contributed by atoms with E-state index in [2.05, 4.69) is 5.32 Å². The molecular weight excluding hydrogens is 301 g/mol. The largest absolute Gasteiger partial charge is 0.451 e. The summed E-state index contributed by atoms with van der Waals surface area (Å²) in [5.41, 5.74) is 1.63. The Kier molecular flexibility index (Phi) is 4.15. The van der Waals surface area contributed by atoms with Crippen LogP contribution in [0.1, 0.15) is 16.1 Å². The van der Waals surface area contributed by atoms with Crippen molar-refractivity contribution in [2.24, 2.45) is 0 Å². The van der Waals surface area contributed by atoms with Crippen molar-refractivity contribution in [1.82, 2.24) is 0 Å². The topological polar surface area (TPSA) is 42.2 Å². The number of anilines is 1. The van der Waals surface area contributed by atoms with Crippen LogP contribution in [0.2, 0.25) is 0 Å². The van der Waals surface area contributed by atoms with Gasteiger partial charge in [0.1, 0.15) is 11.4 Å². The molecule has 3 rings (SSSR count). The van der Waals surface area contributed by atoms with Gasteiger partial charge in [0.15, 0.2) is 5.76 Å². The van der Waals surface area contributed by atoms with Crippen LogP contribution < -0.4 is 5.32 Å². The van der Waals surface area contributed by atoms with Gasteiger partial charge in [0.25, 0.3) is 5.91 Å². The van der Waals surface area contributed by atoms with Crippen molar-refractivity contribution >= 4 is 34.3 Å². The molecule has 0 atom stereocenters. The van der Waals surface area contributed by atoms with Gasteiger partial charge in [-0.15, -0.1) is 0 Å². The van der Waals surface area contributed by atoms with Crippen LogP contribution in [0.4, 0.5) is 10.1 Å². The Morgan fingerprint density at radius 1 is 1.18 bits per heavy atom. The molecule has 0 radical (unpaired) electrons. The van der Waals surface area contributed by atoms with Gasteiger partial charge in [-0.25, -0.2) is 4.39 Å². The minimum Gasteiger partial charge on any atom is -0.451 e. The molecule has 2 aromatic carbocycles. The number of halogens is 1. The average molecular weight is 315 g/mol. The lowest BCUT2D eigenvalue weighted by Gasteiger charge is -2.05. The fraction of sp³-hybridized carbons (Fsp3) is 0.118. The number of fused-ring (bicyclic) bond motifs is 1. The number of furan rings is 1. The standard InChI is InChI=1S/C17H14FNO2S/c1-22-10-12-11-6-2-5-9-15(11)21-16(12)17(20)19-14-8-4-3-7-13(14)18/h2-9H,10H2,1H3,(H,19,20). The molecule has 1 amide bonds. The van der Waals surface area contributed by atoms with Crippen molar-refractivity contribution in [3.05, 3.63) is 65.7 Å². The van der Waals surface area contributed by atoms with Gasteiger partial charge in [-0.05, 0) is 24.5 Å². The van der Waals surface area contributed by atoms with E-state index in [1.807, 2.05) is 30.5 Å². The molecule has 5 heteroatoms. The molecule has 0 aliphatic rings. The molecule has 1 N–H and O–H groups in total. The molecule has 0 aliphatic carbocycles. The summed E-state index contributed by atoms with van der Waals surface area (Å²) in [5, 5.41) is 3.48. The van der Waals surface area contributed by atoms with Gasteiger partial charge >= 0.3 is 0 Å². The minimum absolute atomic E-state index is 0.142. The smallest absolute Gasteiger partial charge is 0.291 e. The SMILES string of the molecule is CSCc1c(C(=O)Nc2ccccc2F)oc2ccccc12. The Morgan fingerprint density at radius 2 is 1.91 bits per heavy atom. The third kappa shape index (κ3) is 2.72. The molecule has 0 bridgehead atoms. The van der Waals surface area contributed by atoms with Crippen molar-refractivity contribution in [3.8, 4) is 0 Å². The highest BCUT2D eigenvalue weighted by molar-refractivity contribution is 7.97. The van der Waals surface area contributed by atoms with Crippen molar-refractivity contribution in [1.29, 1.82) is 0 Å². The highest BCUT2D eigenvalue weighted by atomic mass is 32.2. The summed E-state index contributed by atoms with van der Waals surface area (Å²) in [4.78, 5) is 12.5. The first kappa shape index (κ1) is 14.7. The molecule has 0 saturated heterocycles. The summed E-state index contributed by atoms with van der Waals surface area (Å²) < 4.78 is 19.3. The Bertz CT molecular complexity index is 828. The van der Waals surface area contributed by atoms with Gasteiger partial charge in [0.05, 0.1) is 5.69 Å². The van der Waals surface area contributed by atoms with Crippen molar-refractivity contribution in [2.75, 3.05) is 11.6 Å². The van der Waals surface area contributed by atoms with Gasteiger partial charge in [-0.3, -0.25) is 4.79 Å². The maximum Gasteiger partial charge on any atom is 0.291 e. The van der Waals surface area contributed by atoms with Gasteiger partial charge in [-0.1, -0.05) is 30.3 Å². The van der Waals surface area contributed by atoms with Crippen LogP contribution in [-0.4, -0.2) is 12.2 Å². The first-order valence-electron chi connectivity index (χ1n) is 6.76. The van der Waals surface area contributed by atoms with Gasteiger partial charge in [0.2, 0.25) is 0 Å². The van der Waals surface area contributed by atoms with Crippen LogP contribution in [0, 0.1) is 5.82 Å². The highest BCUT2D eigenvalue weighted by Crippen LogP contribution is 2.29. The maximum atomic E-state index is 13.7. The number of hydrogen-bond donors (Lipinski definition) is 1. The van der Waals surface area contributed by atoms with Gasteiger partial charge in [0, 0.05) is 16.7 Å². The third-order valence-corrected chi connectivity index (χ3v) is 3.89. The number of amides is 1. The molecule has 0 unspecified atom stereocenters. The van der Waals surface area contributed by atoms with Gasteiger partial charge < -0.3 is 9.73 Å². The van der Waals surface area contributed by atoms with Crippen molar-refractivity contribution in [3.63, 3.8) is 0 Å². The van der Waals surface area contributed by atoms with Crippen LogP contribution >= 0.6 is 11.8 Å². The molecular formula is C17H14FNO2S. The number of rotatable bonds is 4. The highest BCUT2D eigenvalue weighted by Gasteiger charge is 2.20. The maximum absolute atomic E-state index is 13.7. The third-order valence-electron chi connectivity index (χ3n) is 3.32. The Hall–Kier alpha value is -2.27. The molecule has 1 heterocycles. The summed E-state index contributed by atoms with van der Waals surface area (Å²) in [6.45, 7) is 0. The lowest BCUT2D eigenvalue weighted by atomic mass is 10.1. The van der Waals surface area contributed by atoms with E-state index in [-0.39, 0.29) is 11.4 Å². The molecule has 3 aromatic rings. The molecule has 1 aromatic heterocycles. The molecule has 22 heavy (non-hydrogen) atoms. The zero-order valence-electron chi connectivity index (χ0n) is 11.9. The van der Waals surface area contributed by atoms with E-state index < -0.39 is 11.7 Å². The number of carbonyl (C=O) groups is 1. The molecule has 0 fully saturated rings. The van der Waals surface area contributed by atoms with Crippen LogP contribution in [0.3, 0.4) is 0 Å². The number of para-hydroxylation sites is 2. The molecule has 112 valence electrons. The second-order valence-corrected chi connectivity index (χ2v) is 5.64. The number of thioether (sulfide) groups is 1. The summed E-state index contributed by atoms with van der Waals surface area (Å²) in [6, 6.07) is 13.6. The van der Waals surface area contributed by atoms with E-state index in [9.17, 15) is 9.18 Å². The van der Waals surface area contributed by atoms with Crippen molar-refractivity contribution in [2.45, 2.75) is 5.75 Å². The van der Waals surface area contributed by atoms with E-state index in [0.717, 1.165) is 10.9 Å². The van der Waals surface area contributed by atoms with Crippen LogP contribution in [0.15, 0.2) is 52.9 Å². The van der Waals surface area contributed by atoms with E-state index in [0.29, 0.717) is 11.3 Å². The van der Waals surface area contributed by atoms with Gasteiger partial charge in [-0.2, -0.15) is 11.8 Å². The lowest BCUT2D eigenvalue weighted by molar-refractivity contribution is 0.0997. The normalized spacial score (nSPS) is 10.8. The summed E-state index contributed by atoms with van der Waals surface area (Å²) in [7, 11) is 0. The zero-order chi connectivity index (χ0) is 15.5. The van der Waals surface area contributed by atoms with E-state index in [1.54, 1.807) is 23.9 Å². The van der Waals surface area contributed by atoms with Crippen LogP contribution in [-0.2, 0) is 5.75 Å². The molecule has 3 nitrogen and oxygen atoms in total. The van der Waals surface area contributed by atoms with Crippen LogP contribution in [0.25, 0.3) is 11.0 Å². The minimum atomic E-state index is -0.474. The zero-order valence-corrected chi connectivity index (χ0v) is 12.7. The number of nitrogens with one attached hydrogen (secondary N) is 1. The predicted octanol–water partition coefficient (Wildman–Crippen LogP) is 4.69. The number of carbonyl (C=O) groups excluding carboxylic acids is 1. The average Bonchev–Trinajstić information content (AvgIpc) is 2.89. The molecule has 0 spiro atoms. The number of benzene rings is 2. The summed E-state index contributed by atoms with van der Waals surface area (Å²) in [6.07, 6.45) is 1.96. The Morgan fingerprint density at radius 3 is 2.68 bits per heavy atom. The quantitative estimate of drug-likeness (QED) is 0.759. The summed E-state index contributed by atoms with van der Waals surface area (Å²) in [5.74, 6) is -0.0284. The second-order valence-electron chi connectivity index (χ2n) is 4.77. The fourth-order valence-corrected chi connectivity index (χ4v) is 2.89. The monoisotopic (exact) mass is 315 g/mol. The molecule has 0 saturated carbocycles. The second kappa shape index (κ2) is 6.23. The van der Waals surface area contributed by atoms with E-state index >= 15 is 0 Å². The summed E-state index contributed by atoms with van der Waals surface area (Å²) >= 11 is 1.60. The lowest BCUT2D eigenvalue weighted by Crippen LogP contribution is -2.13.